The number of methoxy groups -OCH3 is 2. The number of amides is 2. The Labute approximate surface area is 134 Å². The molecule has 0 aliphatic carbocycles. The number of hydrogen-bond acceptors (Lipinski definition) is 4. The van der Waals surface area contributed by atoms with E-state index in [2.05, 4.69) is 10.9 Å². The first kappa shape index (κ1) is 16.4. The van der Waals surface area contributed by atoms with Gasteiger partial charge in [0, 0.05) is 5.56 Å². The van der Waals surface area contributed by atoms with Crippen molar-refractivity contribution in [3.05, 3.63) is 59.7 Å². The molecule has 0 aliphatic rings. The van der Waals surface area contributed by atoms with Crippen LogP contribution in [0.1, 0.15) is 15.9 Å². The van der Waals surface area contributed by atoms with Crippen molar-refractivity contribution < 1.29 is 19.1 Å². The predicted molar refractivity (Wildman–Crippen MR) is 85.3 cm³/mol. The van der Waals surface area contributed by atoms with E-state index in [1.807, 2.05) is 12.1 Å². The lowest BCUT2D eigenvalue weighted by Gasteiger charge is -2.11. The monoisotopic (exact) mass is 314 g/mol. The Balaban J connectivity index is 1.95. The molecule has 0 saturated carbocycles. The Morgan fingerprint density at radius 1 is 0.870 bits per heavy atom. The Hall–Kier alpha value is -3.02. The van der Waals surface area contributed by atoms with Crippen molar-refractivity contribution in [2.24, 2.45) is 0 Å². The number of hydrazine groups is 1. The van der Waals surface area contributed by atoms with Gasteiger partial charge in [0.1, 0.15) is 11.5 Å². The van der Waals surface area contributed by atoms with E-state index in [1.165, 1.54) is 7.11 Å². The van der Waals surface area contributed by atoms with Gasteiger partial charge in [-0.1, -0.05) is 30.3 Å². The van der Waals surface area contributed by atoms with E-state index in [0.717, 1.165) is 5.56 Å². The SMILES string of the molecule is COc1ccccc1CC(=O)NNC(=O)c1ccccc1OC. The molecule has 2 aromatic carbocycles. The van der Waals surface area contributed by atoms with Gasteiger partial charge in [0.2, 0.25) is 5.91 Å². The molecule has 0 heterocycles. The summed E-state index contributed by atoms with van der Waals surface area (Å²) in [5, 5.41) is 0. The lowest BCUT2D eigenvalue weighted by Crippen LogP contribution is -2.42. The molecule has 6 heteroatoms. The van der Waals surface area contributed by atoms with Gasteiger partial charge in [0.25, 0.3) is 5.91 Å². The highest BCUT2D eigenvalue weighted by atomic mass is 16.5. The maximum Gasteiger partial charge on any atom is 0.273 e. The molecule has 0 saturated heterocycles. The molecule has 0 unspecified atom stereocenters. The van der Waals surface area contributed by atoms with Gasteiger partial charge in [-0.3, -0.25) is 20.4 Å². The maximum absolute atomic E-state index is 12.1. The van der Waals surface area contributed by atoms with Crippen LogP contribution in [0.4, 0.5) is 0 Å². The molecular formula is C17H18N2O4. The summed E-state index contributed by atoms with van der Waals surface area (Å²) in [6.07, 6.45) is 0.0935. The highest BCUT2D eigenvalue weighted by Crippen LogP contribution is 2.18. The Morgan fingerprint density at radius 3 is 2.17 bits per heavy atom. The van der Waals surface area contributed by atoms with Gasteiger partial charge >= 0.3 is 0 Å². The third-order valence-corrected chi connectivity index (χ3v) is 3.21. The highest BCUT2D eigenvalue weighted by molar-refractivity contribution is 5.98. The van der Waals surface area contributed by atoms with Crippen molar-refractivity contribution in [2.45, 2.75) is 6.42 Å². The van der Waals surface area contributed by atoms with Crippen LogP contribution in [-0.2, 0) is 11.2 Å². The second kappa shape index (κ2) is 7.84. The van der Waals surface area contributed by atoms with E-state index in [4.69, 9.17) is 9.47 Å². The molecule has 2 amide bonds. The number of carbonyl (C=O) groups excluding carboxylic acids is 2. The fraction of sp³-hybridized carbons (Fsp3) is 0.176. The van der Waals surface area contributed by atoms with Gasteiger partial charge in [0.15, 0.2) is 0 Å². The average molecular weight is 314 g/mol. The molecule has 0 spiro atoms. The zero-order valence-electron chi connectivity index (χ0n) is 13.0. The van der Waals surface area contributed by atoms with E-state index in [9.17, 15) is 9.59 Å². The third kappa shape index (κ3) is 4.23. The van der Waals surface area contributed by atoms with Gasteiger partial charge in [-0.2, -0.15) is 0 Å². The zero-order chi connectivity index (χ0) is 16.7. The number of carbonyl (C=O) groups is 2. The van der Waals surface area contributed by atoms with E-state index < -0.39 is 5.91 Å². The summed E-state index contributed by atoms with van der Waals surface area (Å²) < 4.78 is 10.3. The Kier molecular flexibility index (Phi) is 5.57. The molecule has 2 aromatic rings. The van der Waals surface area contributed by atoms with Crippen LogP contribution >= 0.6 is 0 Å². The Morgan fingerprint density at radius 2 is 1.48 bits per heavy atom. The van der Waals surface area contributed by atoms with Gasteiger partial charge in [-0.25, -0.2) is 0 Å². The number of ether oxygens (including phenoxy) is 2. The van der Waals surface area contributed by atoms with Crippen molar-refractivity contribution in [1.29, 1.82) is 0 Å². The van der Waals surface area contributed by atoms with Crippen molar-refractivity contribution in [2.75, 3.05) is 14.2 Å². The van der Waals surface area contributed by atoms with Crippen LogP contribution in [0.3, 0.4) is 0 Å². The smallest absolute Gasteiger partial charge is 0.273 e. The molecule has 23 heavy (non-hydrogen) atoms. The second-order valence-corrected chi connectivity index (χ2v) is 4.69. The summed E-state index contributed by atoms with van der Waals surface area (Å²) in [5.41, 5.74) is 5.83. The molecule has 0 radical (unpaired) electrons. The lowest BCUT2D eigenvalue weighted by atomic mass is 10.1. The van der Waals surface area contributed by atoms with Crippen LogP contribution < -0.4 is 20.3 Å². The summed E-state index contributed by atoms with van der Waals surface area (Å²) in [4.78, 5) is 24.0. The van der Waals surface area contributed by atoms with Gasteiger partial charge in [-0.15, -0.1) is 0 Å². The van der Waals surface area contributed by atoms with E-state index in [1.54, 1.807) is 43.5 Å². The first-order chi connectivity index (χ1) is 11.2. The molecule has 0 aromatic heterocycles. The Bertz CT molecular complexity index is 700. The summed E-state index contributed by atoms with van der Waals surface area (Å²) in [6, 6.07) is 14.0. The molecule has 2 N–H and O–H groups in total. The van der Waals surface area contributed by atoms with Crippen molar-refractivity contribution in [1.82, 2.24) is 10.9 Å². The van der Waals surface area contributed by atoms with Crippen LogP contribution in [0.25, 0.3) is 0 Å². The van der Waals surface area contributed by atoms with Crippen molar-refractivity contribution in [3.8, 4) is 11.5 Å². The largest absolute Gasteiger partial charge is 0.496 e. The lowest BCUT2D eigenvalue weighted by molar-refractivity contribution is -0.121. The van der Waals surface area contributed by atoms with Gasteiger partial charge in [-0.05, 0) is 18.2 Å². The van der Waals surface area contributed by atoms with Crippen molar-refractivity contribution >= 4 is 11.8 Å². The third-order valence-electron chi connectivity index (χ3n) is 3.21. The zero-order valence-corrected chi connectivity index (χ0v) is 13.0. The van der Waals surface area contributed by atoms with Crippen LogP contribution in [0.15, 0.2) is 48.5 Å². The number of rotatable bonds is 5. The number of benzene rings is 2. The minimum absolute atomic E-state index is 0.0935. The van der Waals surface area contributed by atoms with Crippen LogP contribution in [-0.4, -0.2) is 26.0 Å². The molecule has 6 nitrogen and oxygen atoms in total. The van der Waals surface area contributed by atoms with E-state index >= 15 is 0 Å². The fourth-order valence-corrected chi connectivity index (χ4v) is 2.09. The topological polar surface area (TPSA) is 76.7 Å². The normalized spacial score (nSPS) is 9.83. The second-order valence-electron chi connectivity index (χ2n) is 4.69. The van der Waals surface area contributed by atoms with Gasteiger partial charge in [0.05, 0.1) is 26.2 Å². The molecular weight excluding hydrogens is 296 g/mol. The maximum atomic E-state index is 12.1. The fourth-order valence-electron chi connectivity index (χ4n) is 2.09. The number of para-hydroxylation sites is 2. The van der Waals surface area contributed by atoms with Crippen LogP contribution in [0, 0.1) is 0 Å². The van der Waals surface area contributed by atoms with E-state index in [0.29, 0.717) is 17.1 Å². The highest BCUT2D eigenvalue weighted by Gasteiger charge is 2.13. The van der Waals surface area contributed by atoms with Crippen LogP contribution in [0.2, 0.25) is 0 Å². The summed E-state index contributed by atoms with van der Waals surface area (Å²) in [7, 11) is 3.02. The minimum Gasteiger partial charge on any atom is -0.496 e. The average Bonchev–Trinajstić information content (AvgIpc) is 2.60. The quantitative estimate of drug-likeness (QED) is 0.824. The molecule has 2 rings (SSSR count). The van der Waals surface area contributed by atoms with Gasteiger partial charge < -0.3 is 9.47 Å². The summed E-state index contributed by atoms with van der Waals surface area (Å²) in [6.45, 7) is 0. The molecule has 0 bridgehead atoms. The number of nitrogens with one attached hydrogen (secondary N) is 2. The first-order valence-electron chi connectivity index (χ1n) is 6.99. The predicted octanol–water partition coefficient (Wildman–Crippen LogP) is 1.71. The summed E-state index contributed by atoms with van der Waals surface area (Å²) in [5.74, 6) is 0.260. The molecule has 120 valence electrons. The molecule has 0 fully saturated rings. The van der Waals surface area contributed by atoms with E-state index in [-0.39, 0.29) is 12.3 Å². The first-order valence-corrected chi connectivity index (χ1v) is 6.99. The summed E-state index contributed by atoms with van der Waals surface area (Å²) >= 11 is 0. The minimum atomic E-state index is -0.448. The number of hydrogen-bond donors (Lipinski definition) is 2. The molecule has 0 atom stereocenters. The standard InChI is InChI=1S/C17H18N2O4/c1-22-14-9-5-3-7-12(14)11-16(20)18-19-17(21)13-8-4-6-10-15(13)23-2/h3-10H,11H2,1-2H3,(H,18,20)(H,19,21). The van der Waals surface area contributed by atoms with Crippen molar-refractivity contribution in [3.63, 3.8) is 0 Å². The molecule has 0 aliphatic heterocycles. The van der Waals surface area contributed by atoms with Crippen LogP contribution in [0.5, 0.6) is 11.5 Å².